The van der Waals surface area contributed by atoms with Crippen LogP contribution in [-0.4, -0.2) is 20.6 Å². The Hall–Kier alpha value is -3.12. The van der Waals surface area contributed by atoms with Gasteiger partial charge in [-0.25, -0.2) is 8.42 Å². The van der Waals surface area contributed by atoms with Crippen molar-refractivity contribution in [3.8, 4) is 0 Å². The number of carbonyl (C=O) groups is 1. The Morgan fingerprint density at radius 1 is 0.882 bits per heavy atom. The van der Waals surface area contributed by atoms with Crippen molar-refractivity contribution in [3.05, 3.63) is 99.6 Å². The molecule has 0 fully saturated rings. The second-order valence-electron chi connectivity index (χ2n) is 8.98. The summed E-state index contributed by atoms with van der Waals surface area (Å²) in [6, 6.07) is 19.1. The van der Waals surface area contributed by atoms with Gasteiger partial charge >= 0.3 is 0 Å². The van der Waals surface area contributed by atoms with Crippen LogP contribution < -0.4 is 9.62 Å². The van der Waals surface area contributed by atoms with E-state index in [0.717, 1.165) is 28.7 Å². The summed E-state index contributed by atoms with van der Waals surface area (Å²) in [6.45, 7) is 10.2. The predicted octanol–water partition coefficient (Wildman–Crippen LogP) is 5.77. The molecule has 1 atom stereocenters. The van der Waals surface area contributed by atoms with Crippen LogP contribution in [-0.2, 0) is 16.6 Å². The summed E-state index contributed by atoms with van der Waals surface area (Å²) in [5.41, 5.74) is 7.38. The van der Waals surface area contributed by atoms with Gasteiger partial charge in [0, 0.05) is 5.56 Å². The summed E-state index contributed by atoms with van der Waals surface area (Å²) < 4.78 is 26.7. The number of nitrogens with zero attached hydrogens (tertiary/aromatic N) is 1. The number of aryl methyl sites for hydroxylation is 4. The molecule has 0 heterocycles. The van der Waals surface area contributed by atoms with Crippen molar-refractivity contribution in [1.82, 2.24) is 5.32 Å². The van der Waals surface area contributed by atoms with Crippen molar-refractivity contribution in [1.29, 1.82) is 0 Å². The lowest BCUT2D eigenvalue weighted by molar-refractivity contribution is 0.0935. The third-order valence-electron chi connectivity index (χ3n) is 6.28. The first-order valence-corrected chi connectivity index (χ1v) is 13.4. The van der Waals surface area contributed by atoms with Gasteiger partial charge in [-0.3, -0.25) is 9.10 Å². The first-order chi connectivity index (χ1) is 16.0. The molecule has 0 spiro atoms. The Bertz CT molecular complexity index is 1260. The molecule has 0 bridgehead atoms. The molecule has 1 amide bonds. The molecule has 0 unspecified atom stereocenters. The molecule has 34 heavy (non-hydrogen) atoms. The zero-order valence-corrected chi connectivity index (χ0v) is 21.7. The topological polar surface area (TPSA) is 66.5 Å². The molecule has 0 aliphatic carbocycles. The fourth-order valence-corrected chi connectivity index (χ4v) is 5.14. The van der Waals surface area contributed by atoms with Gasteiger partial charge in [0.1, 0.15) is 0 Å². The number of hydrogen-bond acceptors (Lipinski definition) is 3. The normalized spacial score (nSPS) is 12.3. The molecule has 3 aromatic carbocycles. The van der Waals surface area contributed by atoms with Gasteiger partial charge in [0.15, 0.2) is 0 Å². The molecule has 180 valence electrons. The number of anilines is 1. The first kappa shape index (κ1) is 25.5. The molecule has 5 nitrogen and oxygen atoms in total. The number of nitrogens with one attached hydrogen (secondary N) is 1. The van der Waals surface area contributed by atoms with Crippen LogP contribution in [0.25, 0.3) is 0 Å². The van der Waals surface area contributed by atoms with E-state index in [-0.39, 0.29) is 18.5 Å². The maximum absolute atomic E-state index is 12.9. The number of hydrogen-bond donors (Lipinski definition) is 1. The van der Waals surface area contributed by atoms with E-state index in [1.807, 2.05) is 44.2 Å². The van der Waals surface area contributed by atoms with Crippen molar-refractivity contribution in [2.75, 3.05) is 10.6 Å². The Morgan fingerprint density at radius 3 is 2.03 bits per heavy atom. The highest BCUT2D eigenvalue weighted by Crippen LogP contribution is 2.28. The average molecular weight is 479 g/mol. The van der Waals surface area contributed by atoms with E-state index in [2.05, 4.69) is 44.3 Å². The van der Waals surface area contributed by atoms with E-state index >= 15 is 0 Å². The number of para-hydroxylation sites is 1. The first-order valence-electron chi connectivity index (χ1n) is 11.5. The quantitative estimate of drug-likeness (QED) is 0.447. The van der Waals surface area contributed by atoms with E-state index in [9.17, 15) is 13.2 Å². The van der Waals surface area contributed by atoms with Crippen LogP contribution in [0.5, 0.6) is 0 Å². The molecular weight excluding hydrogens is 444 g/mol. The summed E-state index contributed by atoms with van der Waals surface area (Å²) in [5, 5.41) is 3.13. The van der Waals surface area contributed by atoms with E-state index in [1.165, 1.54) is 21.7 Å². The predicted molar refractivity (Wildman–Crippen MR) is 140 cm³/mol. The van der Waals surface area contributed by atoms with Crippen LogP contribution in [0.3, 0.4) is 0 Å². The third-order valence-corrected chi connectivity index (χ3v) is 7.39. The zero-order valence-electron chi connectivity index (χ0n) is 20.8. The maximum Gasteiger partial charge on any atom is 0.251 e. The summed E-state index contributed by atoms with van der Waals surface area (Å²) in [4.78, 5) is 12.9. The summed E-state index contributed by atoms with van der Waals surface area (Å²) in [5.74, 6) is -0.147. The van der Waals surface area contributed by atoms with E-state index in [0.29, 0.717) is 11.3 Å². The monoisotopic (exact) mass is 478 g/mol. The molecule has 3 rings (SSSR count). The second-order valence-corrected chi connectivity index (χ2v) is 10.9. The Morgan fingerprint density at radius 2 is 1.50 bits per heavy atom. The zero-order chi connectivity index (χ0) is 25.0. The Kier molecular flexibility index (Phi) is 7.82. The summed E-state index contributed by atoms with van der Waals surface area (Å²) in [7, 11) is -3.49. The van der Waals surface area contributed by atoms with Crippen LogP contribution in [0.4, 0.5) is 5.69 Å². The van der Waals surface area contributed by atoms with Gasteiger partial charge in [0.05, 0.1) is 24.5 Å². The molecule has 1 N–H and O–H groups in total. The fraction of sp³-hybridized carbons (Fsp3) is 0.321. The SMILES string of the molecule is CC[C@H](NC(=O)c1ccc(CN(c2c(C)cccc2C)S(C)(=O)=O)cc1)c1ccc(C)c(C)c1. The summed E-state index contributed by atoms with van der Waals surface area (Å²) in [6.07, 6.45) is 2.00. The summed E-state index contributed by atoms with van der Waals surface area (Å²) >= 11 is 0. The van der Waals surface area contributed by atoms with E-state index < -0.39 is 10.0 Å². The maximum atomic E-state index is 12.9. The van der Waals surface area contributed by atoms with Crippen LogP contribution in [0.2, 0.25) is 0 Å². The van der Waals surface area contributed by atoms with Crippen molar-refractivity contribution in [3.63, 3.8) is 0 Å². The van der Waals surface area contributed by atoms with Gasteiger partial charge in [-0.2, -0.15) is 0 Å². The van der Waals surface area contributed by atoms with E-state index in [4.69, 9.17) is 0 Å². The van der Waals surface area contributed by atoms with Crippen molar-refractivity contribution >= 4 is 21.6 Å². The molecule has 0 aliphatic heterocycles. The highest BCUT2D eigenvalue weighted by Gasteiger charge is 2.22. The van der Waals surface area contributed by atoms with Gasteiger partial charge in [-0.15, -0.1) is 0 Å². The van der Waals surface area contributed by atoms with Gasteiger partial charge in [0.25, 0.3) is 5.91 Å². The molecule has 0 radical (unpaired) electrons. The van der Waals surface area contributed by atoms with Crippen LogP contribution >= 0.6 is 0 Å². The fourth-order valence-electron chi connectivity index (χ4n) is 4.13. The highest BCUT2D eigenvalue weighted by atomic mass is 32.2. The lowest BCUT2D eigenvalue weighted by Gasteiger charge is -2.26. The molecule has 0 aromatic heterocycles. The minimum absolute atomic E-state index is 0.0729. The lowest BCUT2D eigenvalue weighted by Crippen LogP contribution is -2.31. The van der Waals surface area contributed by atoms with Crippen LogP contribution in [0, 0.1) is 27.7 Å². The number of sulfonamides is 1. The molecular formula is C28H34N2O3S. The number of carbonyl (C=O) groups excluding carboxylic acids is 1. The Labute approximate surface area is 203 Å². The molecule has 6 heteroatoms. The second kappa shape index (κ2) is 10.4. The average Bonchev–Trinajstić information content (AvgIpc) is 2.78. The number of rotatable bonds is 8. The lowest BCUT2D eigenvalue weighted by atomic mass is 9.99. The van der Waals surface area contributed by atoms with E-state index in [1.54, 1.807) is 12.1 Å². The molecule has 0 saturated carbocycles. The highest BCUT2D eigenvalue weighted by molar-refractivity contribution is 7.92. The van der Waals surface area contributed by atoms with Gasteiger partial charge in [-0.1, -0.05) is 55.5 Å². The third kappa shape index (κ3) is 5.86. The van der Waals surface area contributed by atoms with Crippen molar-refractivity contribution < 1.29 is 13.2 Å². The van der Waals surface area contributed by atoms with Gasteiger partial charge < -0.3 is 5.32 Å². The molecule has 0 aliphatic rings. The molecule has 0 saturated heterocycles. The Balaban J connectivity index is 1.79. The van der Waals surface area contributed by atoms with Crippen LogP contribution in [0.1, 0.15) is 63.1 Å². The minimum atomic E-state index is -3.49. The molecule has 3 aromatic rings. The standard InChI is InChI=1S/C28H34N2O3S/c1-7-26(25-14-11-19(2)22(5)17-25)29-28(31)24-15-12-23(13-16-24)18-30(34(6,32)33)27-20(3)9-8-10-21(27)4/h8-17,26H,7,18H2,1-6H3,(H,29,31)/t26-/m0/s1. The van der Waals surface area contributed by atoms with Crippen LogP contribution in [0.15, 0.2) is 60.7 Å². The van der Waals surface area contributed by atoms with Crippen molar-refractivity contribution in [2.45, 2.75) is 53.6 Å². The van der Waals surface area contributed by atoms with Crippen molar-refractivity contribution in [2.24, 2.45) is 0 Å². The number of amides is 1. The number of benzene rings is 3. The smallest absolute Gasteiger partial charge is 0.251 e. The minimum Gasteiger partial charge on any atom is -0.345 e. The van der Waals surface area contributed by atoms with Gasteiger partial charge in [-0.05, 0) is 79.6 Å². The van der Waals surface area contributed by atoms with Gasteiger partial charge in [0.2, 0.25) is 10.0 Å². The largest absolute Gasteiger partial charge is 0.345 e.